The number of amides is 1. The molecule has 0 saturated carbocycles. The summed E-state index contributed by atoms with van der Waals surface area (Å²) in [5.41, 5.74) is 0. The fourth-order valence-electron chi connectivity index (χ4n) is 1.19. The Balaban J connectivity index is 3.63. The van der Waals surface area contributed by atoms with Crippen LogP contribution in [-0.2, 0) is 14.3 Å². The van der Waals surface area contributed by atoms with Crippen molar-refractivity contribution in [3.63, 3.8) is 0 Å². The monoisotopic (exact) mass is 225 g/mol. The van der Waals surface area contributed by atoms with Gasteiger partial charge in [-0.3, -0.25) is 4.79 Å². The maximum absolute atomic E-state index is 11.3. The van der Waals surface area contributed by atoms with Crippen LogP contribution in [0.5, 0.6) is 0 Å². The highest BCUT2D eigenvalue weighted by molar-refractivity contribution is 5.86. The predicted molar refractivity (Wildman–Crippen MR) is 62.8 cm³/mol. The number of hydrogen-bond acceptors (Lipinski definition) is 3. The van der Waals surface area contributed by atoms with Crippen molar-refractivity contribution in [1.29, 1.82) is 0 Å². The SMILES string of the molecule is C=CC(=O)OCCCCN(CC)C(=O)C=C. The third-order valence-corrected chi connectivity index (χ3v) is 2.10. The number of unbranched alkanes of at least 4 members (excludes halogenated alkanes) is 1. The Bertz CT molecular complexity index is 261. The summed E-state index contributed by atoms with van der Waals surface area (Å²) in [7, 11) is 0. The summed E-state index contributed by atoms with van der Waals surface area (Å²) in [5.74, 6) is -0.472. The maximum Gasteiger partial charge on any atom is 0.330 e. The van der Waals surface area contributed by atoms with Gasteiger partial charge in [0, 0.05) is 19.2 Å². The van der Waals surface area contributed by atoms with E-state index in [1.807, 2.05) is 6.92 Å². The van der Waals surface area contributed by atoms with Crippen LogP contribution >= 0.6 is 0 Å². The molecule has 0 aromatic heterocycles. The van der Waals surface area contributed by atoms with Gasteiger partial charge in [-0.05, 0) is 25.8 Å². The van der Waals surface area contributed by atoms with E-state index in [2.05, 4.69) is 13.2 Å². The number of hydrogen-bond donors (Lipinski definition) is 0. The summed E-state index contributed by atoms with van der Waals surface area (Å²) in [5, 5.41) is 0. The predicted octanol–water partition coefficient (Wildman–Crippen LogP) is 1.53. The molecule has 0 N–H and O–H groups in total. The van der Waals surface area contributed by atoms with Gasteiger partial charge in [-0.2, -0.15) is 0 Å². The molecule has 4 nitrogen and oxygen atoms in total. The molecule has 0 atom stereocenters. The van der Waals surface area contributed by atoms with Crippen molar-refractivity contribution in [2.75, 3.05) is 19.7 Å². The Morgan fingerprint density at radius 3 is 2.44 bits per heavy atom. The first-order valence-electron chi connectivity index (χ1n) is 5.36. The Morgan fingerprint density at radius 2 is 1.94 bits per heavy atom. The van der Waals surface area contributed by atoms with Gasteiger partial charge >= 0.3 is 5.97 Å². The molecule has 90 valence electrons. The second-order valence-corrected chi connectivity index (χ2v) is 3.20. The largest absolute Gasteiger partial charge is 0.463 e. The van der Waals surface area contributed by atoms with Gasteiger partial charge in [0.15, 0.2) is 0 Å². The van der Waals surface area contributed by atoms with E-state index in [0.717, 1.165) is 18.9 Å². The van der Waals surface area contributed by atoms with Gasteiger partial charge in [-0.1, -0.05) is 13.2 Å². The van der Waals surface area contributed by atoms with Gasteiger partial charge in [0.05, 0.1) is 6.61 Å². The Kier molecular flexibility index (Phi) is 7.85. The number of nitrogens with zero attached hydrogens (tertiary/aromatic N) is 1. The smallest absolute Gasteiger partial charge is 0.330 e. The molecule has 0 heterocycles. The highest BCUT2D eigenvalue weighted by Gasteiger charge is 2.06. The highest BCUT2D eigenvalue weighted by Crippen LogP contribution is 1.97. The fraction of sp³-hybridized carbons (Fsp3) is 0.500. The van der Waals surface area contributed by atoms with Gasteiger partial charge in [0.1, 0.15) is 0 Å². The Morgan fingerprint density at radius 1 is 1.25 bits per heavy atom. The minimum Gasteiger partial charge on any atom is -0.463 e. The molecule has 0 aromatic rings. The first-order valence-corrected chi connectivity index (χ1v) is 5.36. The first-order chi connectivity index (χ1) is 7.65. The summed E-state index contributed by atoms with van der Waals surface area (Å²) in [6.07, 6.45) is 3.99. The lowest BCUT2D eigenvalue weighted by atomic mass is 10.3. The van der Waals surface area contributed by atoms with E-state index in [0.29, 0.717) is 19.7 Å². The lowest BCUT2D eigenvalue weighted by Crippen LogP contribution is -2.30. The topological polar surface area (TPSA) is 46.6 Å². The summed E-state index contributed by atoms with van der Waals surface area (Å²) in [6, 6.07) is 0. The number of ether oxygens (including phenoxy) is 1. The number of rotatable bonds is 8. The van der Waals surface area contributed by atoms with E-state index in [-0.39, 0.29) is 5.91 Å². The first kappa shape index (κ1) is 14.4. The van der Waals surface area contributed by atoms with E-state index in [9.17, 15) is 9.59 Å². The zero-order chi connectivity index (χ0) is 12.4. The molecule has 0 aliphatic carbocycles. The van der Waals surface area contributed by atoms with Crippen molar-refractivity contribution in [2.24, 2.45) is 0 Å². The van der Waals surface area contributed by atoms with Crippen LogP contribution < -0.4 is 0 Å². The van der Waals surface area contributed by atoms with Crippen LogP contribution in [0, 0.1) is 0 Å². The Hall–Kier alpha value is -1.58. The molecule has 0 radical (unpaired) electrons. The molecule has 0 spiro atoms. The number of esters is 1. The van der Waals surface area contributed by atoms with Crippen LogP contribution in [0.3, 0.4) is 0 Å². The van der Waals surface area contributed by atoms with Crippen molar-refractivity contribution in [3.8, 4) is 0 Å². The zero-order valence-corrected chi connectivity index (χ0v) is 9.78. The van der Waals surface area contributed by atoms with Gasteiger partial charge in [-0.15, -0.1) is 0 Å². The van der Waals surface area contributed by atoms with E-state index in [4.69, 9.17) is 4.74 Å². The van der Waals surface area contributed by atoms with Crippen LogP contribution in [0.1, 0.15) is 19.8 Å². The molecule has 0 saturated heterocycles. The quantitative estimate of drug-likeness (QED) is 0.357. The van der Waals surface area contributed by atoms with Gasteiger partial charge in [0.2, 0.25) is 5.91 Å². The van der Waals surface area contributed by atoms with Gasteiger partial charge in [0.25, 0.3) is 0 Å². The van der Waals surface area contributed by atoms with Crippen LogP contribution in [0.4, 0.5) is 0 Å². The molecule has 0 fully saturated rings. The average Bonchev–Trinajstić information content (AvgIpc) is 2.32. The minimum atomic E-state index is -0.408. The van der Waals surface area contributed by atoms with Crippen molar-refractivity contribution < 1.29 is 14.3 Å². The van der Waals surface area contributed by atoms with E-state index in [1.165, 1.54) is 6.08 Å². The summed E-state index contributed by atoms with van der Waals surface area (Å²) < 4.78 is 4.81. The molecule has 4 heteroatoms. The van der Waals surface area contributed by atoms with E-state index < -0.39 is 5.97 Å². The normalized spacial score (nSPS) is 9.31. The zero-order valence-electron chi connectivity index (χ0n) is 9.78. The number of carbonyl (C=O) groups is 2. The van der Waals surface area contributed by atoms with Crippen molar-refractivity contribution >= 4 is 11.9 Å². The minimum absolute atomic E-state index is 0.0643. The van der Waals surface area contributed by atoms with Gasteiger partial charge in [-0.25, -0.2) is 4.79 Å². The number of likely N-dealkylation sites (N-methyl/N-ethyl adjacent to an activating group) is 1. The fourth-order valence-corrected chi connectivity index (χ4v) is 1.19. The van der Waals surface area contributed by atoms with Crippen LogP contribution in [0.15, 0.2) is 25.3 Å². The third-order valence-electron chi connectivity index (χ3n) is 2.10. The molecule has 0 aromatic carbocycles. The van der Waals surface area contributed by atoms with Crippen molar-refractivity contribution in [1.82, 2.24) is 4.90 Å². The third kappa shape index (κ3) is 6.01. The average molecular weight is 225 g/mol. The molecular formula is C12H19NO3. The Labute approximate surface area is 96.6 Å². The molecule has 0 unspecified atom stereocenters. The molecule has 0 aliphatic heterocycles. The van der Waals surface area contributed by atoms with E-state index >= 15 is 0 Å². The van der Waals surface area contributed by atoms with E-state index in [1.54, 1.807) is 4.90 Å². The lowest BCUT2D eigenvalue weighted by Gasteiger charge is -2.18. The van der Waals surface area contributed by atoms with Gasteiger partial charge < -0.3 is 9.64 Å². The summed E-state index contributed by atoms with van der Waals surface area (Å²) >= 11 is 0. The van der Waals surface area contributed by atoms with Crippen LogP contribution in [-0.4, -0.2) is 36.5 Å². The molecule has 1 amide bonds. The summed E-state index contributed by atoms with van der Waals surface area (Å²) in [6.45, 7) is 10.3. The summed E-state index contributed by atoms with van der Waals surface area (Å²) in [4.78, 5) is 23.7. The highest BCUT2D eigenvalue weighted by atomic mass is 16.5. The second-order valence-electron chi connectivity index (χ2n) is 3.20. The van der Waals surface area contributed by atoms with Crippen molar-refractivity contribution in [3.05, 3.63) is 25.3 Å². The second kappa shape index (κ2) is 8.71. The number of carbonyl (C=O) groups excluding carboxylic acids is 2. The molecule has 0 aliphatic rings. The van der Waals surface area contributed by atoms with Crippen LogP contribution in [0.25, 0.3) is 0 Å². The maximum atomic E-state index is 11.3. The molecular weight excluding hydrogens is 206 g/mol. The lowest BCUT2D eigenvalue weighted by molar-refractivity contribution is -0.138. The van der Waals surface area contributed by atoms with Crippen LogP contribution in [0.2, 0.25) is 0 Å². The standard InChI is InChI=1S/C12H19NO3/c1-4-11(14)13(6-3)9-7-8-10-16-12(15)5-2/h4-5H,1-2,6-10H2,3H3. The molecule has 0 rings (SSSR count). The molecule has 16 heavy (non-hydrogen) atoms. The molecule has 0 bridgehead atoms. The van der Waals surface area contributed by atoms with Crippen molar-refractivity contribution in [2.45, 2.75) is 19.8 Å².